The summed E-state index contributed by atoms with van der Waals surface area (Å²) < 4.78 is 40.2. The van der Waals surface area contributed by atoms with E-state index in [4.69, 9.17) is 5.73 Å². The summed E-state index contributed by atoms with van der Waals surface area (Å²) in [6.45, 7) is 5.11. The number of nitrogen functional groups attached to an aromatic ring is 1. The summed E-state index contributed by atoms with van der Waals surface area (Å²) in [6, 6.07) is 1.10. The fourth-order valence-corrected chi connectivity index (χ4v) is 2.91. The van der Waals surface area contributed by atoms with Crippen LogP contribution in [-0.2, 0) is 14.8 Å². The number of sulfonamides is 1. The minimum Gasteiger partial charge on any atom is -0.398 e. The van der Waals surface area contributed by atoms with Crippen molar-refractivity contribution in [3.8, 4) is 0 Å². The second-order valence-electron chi connectivity index (χ2n) is 4.81. The maximum Gasteiger partial charge on any atom is 0.241 e. The van der Waals surface area contributed by atoms with Gasteiger partial charge in [0.15, 0.2) is 0 Å². The van der Waals surface area contributed by atoms with Gasteiger partial charge < -0.3 is 10.6 Å². The molecule has 118 valence electrons. The van der Waals surface area contributed by atoms with Crippen LogP contribution in [0, 0.1) is 12.7 Å². The molecule has 0 spiro atoms. The number of hydrogen-bond donors (Lipinski definition) is 2. The standard InChI is InChI=1S/C13H20FN3O3S/c1-5-17(4)13(18)9(3)16-21(19,20)10-6-11(14)8(2)12(15)7-10/h6-7,9,16H,5,15H2,1-4H3. The molecule has 1 aromatic carbocycles. The smallest absolute Gasteiger partial charge is 0.241 e. The molecule has 6 nitrogen and oxygen atoms in total. The van der Waals surface area contributed by atoms with Crippen molar-refractivity contribution in [3.63, 3.8) is 0 Å². The van der Waals surface area contributed by atoms with Gasteiger partial charge in [-0.25, -0.2) is 12.8 Å². The molecule has 0 bridgehead atoms. The monoisotopic (exact) mass is 317 g/mol. The zero-order chi connectivity index (χ0) is 16.4. The number of carbonyl (C=O) groups is 1. The van der Waals surface area contributed by atoms with Crippen LogP contribution in [0.3, 0.4) is 0 Å². The van der Waals surface area contributed by atoms with E-state index in [1.165, 1.54) is 24.8 Å². The second kappa shape index (κ2) is 6.40. The third kappa shape index (κ3) is 3.92. The molecule has 0 fully saturated rings. The predicted molar refractivity (Wildman–Crippen MR) is 78.6 cm³/mol. The number of amides is 1. The average molecular weight is 317 g/mol. The minimum absolute atomic E-state index is 0.0417. The van der Waals surface area contributed by atoms with E-state index in [0.29, 0.717) is 6.54 Å². The molecule has 3 N–H and O–H groups in total. The number of nitrogens with one attached hydrogen (secondary N) is 1. The summed E-state index contributed by atoms with van der Waals surface area (Å²) in [5, 5.41) is 0. The quantitative estimate of drug-likeness (QED) is 0.788. The summed E-state index contributed by atoms with van der Waals surface area (Å²) in [6.07, 6.45) is 0. The van der Waals surface area contributed by atoms with Crippen LogP contribution in [0.25, 0.3) is 0 Å². The van der Waals surface area contributed by atoms with E-state index in [2.05, 4.69) is 4.72 Å². The first-order valence-corrected chi connectivity index (χ1v) is 7.91. The first-order valence-electron chi connectivity index (χ1n) is 6.43. The number of anilines is 1. The summed E-state index contributed by atoms with van der Waals surface area (Å²) >= 11 is 0. The molecule has 0 radical (unpaired) electrons. The number of rotatable bonds is 5. The van der Waals surface area contributed by atoms with Gasteiger partial charge >= 0.3 is 0 Å². The number of hydrogen-bond acceptors (Lipinski definition) is 4. The Morgan fingerprint density at radius 1 is 1.48 bits per heavy atom. The molecule has 0 aliphatic rings. The maximum absolute atomic E-state index is 13.6. The van der Waals surface area contributed by atoms with Gasteiger partial charge in [0, 0.05) is 24.8 Å². The number of halogens is 1. The van der Waals surface area contributed by atoms with E-state index in [1.807, 2.05) is 0 Å². The zero-order valence-corrected chi connectivity index (χ0v) is 13.3. The van der Waals surface area contributed by atoms with E-state index >= 15 is 0 Å². The van der Waals surface area contributed by atoms with E-state index in [9.17, 15) is 17.6 Å². The van der Waals surface area contributed by atoms with E-state index in [0.717, 1.165) is 6.07 Å². The number of nitrogens with two attached hydrogens (primary N) is 1. The predicted octanol–water partition coefficient (Wildman–Crippen LogP) is 0.861. The first kappa shape index (κ1) is 17.4. The van der Waals surface area contributed by atoms with Crippen molar-refractivity contribution in [1.29, 1.82) is 0 Å². The Morgan fingerprint density at radius 2 is 2.05 bits per heavy atom. The lowest BCUT2D eigenvalue weighted by Gasteiger charge is -2.20. The van der Waals surface area contributed by atoms with Crippen molar-refractivity contribution in [2.75, 3.05) is 19.3 Å². The fourth-order valence-electron chi connectivity index (χ4n) is 1.67. The van der Waals surface area contributed by atoms with Gasteiger partial charge in [0.2, 0.25) is 15.9 Å². The number of benzene rings is 1. The molecule has 0 aliphatic carbocycles. The summed E-state index contributed by atoms with van der Waals surface area (Å²) in [5.41, 5.74) is 5.80. The van der Waals surface area contributed by atoms with Crippen LogP contribution in [0.5, 0.6) is 0 Å². The molecule has 0 aromatic heterocycles. The molecule has 1 atom stereocenters. The molecule has 1 rings (SSSR count). The Labute approximate surface area is 124 Å². The van der Waals surface area contributed by atoms with Crippen molar-refractivity contribution < 1.29 is 17.6 Å². The van der Waals surface area contributed by atoms with E-state index in [1.54, 1.807) is 14.0 Å². The number of likely N-dealkylation sites (N-methyl/N-ethyl adjacent to an activating group) is 1. The van der Waals surface area contributed by atoms with E-state index < -0.39 is 21.9 Å². The van der Waals surface area contributed by atoms with Crippen LogP contribution in [0.4, 0.5) is 10.1 Å². The van der Waals surface area contributed by atoms with Crippen LogP contribution < -0.4 is 10.5 Å². The van der Waals surface area contributed by atoms with Gasteiger partial charge in [-0.2, -0.15) is 4.72 Å². The molecule has 0 aliphatic heterocycles. The Hall–Kier alpha value is -1.67. The average Bonchev–Trinajstić information content (AvgIpc) is 2.41. The van der Waals surface area contributed by atoms with Gasteiger partial charge in [-0.15, -0.1) is 0 Å². The van der Waals surface area contributed by atoms with Gasteiger partial charge in [-0.05, 0) is 32.9 Å². The SMILES string of the molecule is CCN(C)C(=O)C(C)NS(=O)(=O)c1cc(N)c(C)c(F)c1. The molecular formula is C13H20FN3O3S. The lowest BCUT2D eigenvalue weighted by atomic mass is 10.2. The Kier molecular flexibility index (Phi) is 5.30. The summed E-state index contributed by atoms with van der Waals surface area (Å²) in [5.74, 6) is -1.08. The Bertz CT molecular complexity index is 623. The normalized spacial score (nSPS) is 13.0. The van der Waals surface area contributed by atoms with Crippen molar-refractivity contribution >= 4 is 21.6 Å². The third-order valence-corrected chi connectivity index (χ3v) is 4.74. The van der Waals surface area contributed by atoms with Gasteiger partial charge in [0.05, 0.1) is 10.9 Å². The van der Waals surface area contributed by atoms with Crippen molar-refractivity contribution in [2.45, 2.75) is 31.7 Å². The van der Waals surface area contributed by atoms with Crippen LogP contribution in [0.1, 0.15) is 19.4 Å². The molecule has 0 saturated carbocycles. The largest absolute Gasteiger partial charge is 0.398 e. The topological polar surface area (TPSA) is 92.5 Å². The zero-order valence-electron chi connectivity index (χ0n) is 12.5. The van der Waals surface area contributed by atoms with Gasteiger partial charge in [-0.3, -0.25) is 4.79 Å². The third-order valence-electron chi connectivity index (χ3n) is 3.22. The lowest BCUT2D eigenvalue weighted by Crippen LogP contribution is -2.45. The Balaban J connectivity index is 3.05. The lowest BCUT2D eigenvalue weighted by molar-refractivity contribution is -0.131. The van der Waals surface area contributed by atoms with Crippen LogP contribution in [-0.4, -0.2) is 38.9 Å². The van der Waals surface area contributed by atoms with Crippen LogP contribution >= 0.6 is 0 Å². The maximum atomic E-state index is 13.6. The van der Waals surface area contributed by atoms with Gasteiger partial charge in [0.1, 0.15) is 5.82 Å². The number of carbonyl (C=O) groups excluding carboxylic acids is 1. The second-order valence-corrected chi connectivity index (χ2v) is 6.53. The molecule has 1 aromatic rings. The highest BCUT2D eigenvalue weighted by Gasteiger charge is 2.24. The summed E-state index contributed by atoms with van der Waals surface area (Å²) in [7, 11) is -2.46. The molecule has 0 saturated heterocycles. The fraction of sp³-hybridized carbons (Fsp3) is 0.462. The van der Waals surface area contributed by atoms with E-state index in [-0.39, 0.29) is 22.1 Å². The highest BCUT2D eigenvalue weighted by Crippen LogP contribution is 2.21. The highest BCUT2D eigenvalue weighted by atomic mass is 32.2. The molecule has 1 unspecified atom stereocenters. The highest BCUT2D eigenvalue weighted by molar-refractivity contribution is 7.89. The molecular weight excluding hydrogens is 297 g/mol. The first-order chi connectivity index (χ1) is 9.60. The molecule has 21 heavy (non-hydrogen) atoms. The minimum atomic E-state index is -4.03. The molecule has 0 heterocycles. The van der Waals surface area contributed by atoms with Crippen molar-refractivity contribution in [1.82, 2.24) is 9.62 Å². The van der Waals surface area contributed by atoms with Crippen LogP contribution in [0.2, 0.25) is 0 Å². The molecule has 1 amide bonds. The molecule has 8 heteroatoms. The van der Waals surface area contributed by atoms with Gasteiger partial charge in [-0.1, -0.05) is 0 Å². The van der Waals surface area contributed by atoms with Crippen molar-refractivity contribution in [3.05, 3.63) is 23.5 Å². The van der Waals surface area contributed by atoms with Crippen LogP contribution in [0.15, 0.2) is 17.0 Å². The summed E-state index contributed by atoms with van der Waals surface area (Å²) in [4.78, 5) is 13.0. The number of nitrogens with zero attached hydrogens (tertiary/aromatic N) is 1. The van der Waals surface area contributed by atoms with Crippen molar-refractivity contribution in [2.24, 2.45) is 0 Å². The Morgan fingerprint density at radius 3 is 2.52 bits per heavy atom. The van der Waals surface area contributed by atoms with Gasteiger partial charge in [0.25, 0.3) is 0 Å².